The average Bonchev–Trinajstić information content (AvgIpc) is 2.55. The first-order valence-electron chi connectivity index (χ1n) is 6.45. The van der Waals surface area contributed by atoms with Gasteiger partial charge in [-0.15, -0.1) is 0 Å². The van der Waals surface area contributed by atoms with Crippen LogP contribution in [0.5, 0.6) is 0 Å². The molecular weight excluding hydrogens is 184 g/mol. The molecule has 0 aromatic heterocycles. The van der Waals surface area contributed by atoms with Gasteiger partial charge in [-0.2, -0.15) is 0 Å². The van der Waals surface area contributed by atoms with Crippen molar-refractivity contribution in [2.45, 2.75) is 65.2 Å². The molecule has 0 heterocycles. The van der Waals surface area contributed by atoms with Crippen LogP contribution in [0.4, 0.5) is 0 Å². The Morgan fingerprint density at radius 3 is 2.53 bits per heavy atom. The van der Waals surface area contributed by atoms with Crippen LogP contribution in [0.25, 0.3) is 0 Å². The highest BCUT2D eigenvalue weighted by Gasteiger charge is 2.42. The fraction of sp³-hybridized carbons (Fsp3) is 0.786. The predicted octanol–water partition coefficient (Wildman–Crippen LogP) is 4.03. The van der Waals surface area contributed by atoms with E-state index >= 15 is 0 Å². The number of hydrogen-bond donors (Lipinski definition) is 0. The molecule has 0 aromatic carbocycles. The van der Waals surface area contributed by atoms with Crippen LogP contribution < -0.4 is 0 Å². The number of rotatable bonds is 2. The molecule has 84 valence electrons. The van der Waals surface area contributed by atoms with Crippen LogP contribution in [0, 0.1) is 5.41 Å². The molecule has 0 radical (unpaired) electrons. The molecule has 0 N–H and O–H groups in total. The molecule has 15 heavy (non-hydrogen) atoms. The van der Waals surface area contributed by atoms with Crippen molar-refractivity contribution in [1.82, 2.24) is 0 Å². The van der Waals surface area contributed by atoms with Gasteiger partial charge in [-0.05, 0) is 43.9 Å². The number of hydrogen-bond acceptors (Lipinski definition) is 1. The average molecular weight is 206 g/mol. The smallest absolute Gasteiger partial charge is 0.133 e. The summed E-state index contributed by atoms with van der Waals surface area (Å²) < 4.78 is 0. The minimum atomic E-state index is 0.315. The van der Waals surface area contributed by atoms with Crippen molar-refractivity contribution in [1.29, 1.82) is 0 Å². The fourth-order valence-electron chi connectivity index (χ4n) is 3.73. The van der Waals surface area contributed by atoms with E-state index in [0.717, 1.165) is 25.7 Å². The first kappa shape index (κ1) is 10.9. The van der Waals surface area contributed by atoms with E-state index in [1.165, 1.54) is 25.7 Å². The zero-order valence-corrected chi connectivity index (χ0v) is 10.1. The van der Waals surface area contributed by atoms with Gasteiger partial charge in [-0.1, -0.05) is 25.0 Å². The van der Waals surface area contributed by atoms with Crippen LogP contribution in [-0.4, -0.2) is 5.78 Å². The minimum Gasteiger partial charge on any atom is -0.300 e. The Kier molecular flexibility index (Phi) is 2.99. The molecular formula is C14H22O. The highest BCUT2D eigenvalue weighted by Crippen LogP contribution is 2.53. The van der Waals surface area contributed by atoms with Crippen molar-refractivity contribution < 1.29 is 4.79 Å². The normalized spacial score (nSPS) is 31.7. The highest BCUT2D eigenvalue weighted by molar-refractivity contribution is 5.80. The first-order chi connectivity index (χ1) is 7.22. The van der Waals surface area contributed by atoms with Crippen LogP contribution in [0.3, 0.4) is 0 Å². The Morgan fingerprint density at radius 1 is 1.13 bits per heavy atom. The van der Waals surface area contributed by atoms with E-state index in [9.17, 15) is 4.79 Å². The summed E-state index contributed by atoms with van der Waals surface area (Å²) in [5.41, 5.74) is 3.63. The highest BCUT2D eigenvalue weighted by atomic mass is 16.1. The lowest BCUT2D eigenvalue weighted by atomic mass is 9.68. The molecule has 2 aliphatic rings. The Hall–Kier alpha value is -0.590. The second kappa shape index (κ2) is 4.11. The molecule has 1 atom stereocenters. The van der Waals surface area contributed by atoms with Crippen molar-refractivity contribution in [2.75, 3.05) is 0 Å². The molecule has 1 spiro atoms. The van der Waals surface area contributed by atoms with Gasteiger partial charge in [0.1, 0.15) is 5.78 Å². The van der Waals surface area contributed by atoms with E-state index in [4.69, 9.17) is 0 Å². The van der Waals surface area contributed by atoms with Crippen molar-refractivity contribution in [2.24, 2.45) is 5.41 Å². The van der Waals surface area contributed by atoms with Gasteiger partial charge in [-0.3, -0.25) is 4.79 Å². The third-order valence-corrected chi connectivity index (χ3v) is 4.40. The van der Waals surface area contributed by atoms with Gasteiger partial charge >= 0.3 is 0 Å². The lowest BCUT2D eigenvalue weighted by Crippen LogP contribution is -2.28. The van der Waals surface area contributed by atoms with E-state index in [-0.39, 0.29) is 0 Å². The largest absolute Gasteiger partial charge is 0.300 e. The summed E-state index contributed by atoms with van der Waals surface area (Å²) >= 11 is 0. The molecule has 1 heteroatoms. The molecule has 1 fully saturated rings. The molecule has 2 rings (SSSR count). The van der Waals surface area contributed by atoms with E-state index in [2.05, 4.69) is 13.8 Å². The predicted molar refractivity (Wildman–Crippen MR) is 62.8 cm³/mol. The zero-order chi connectivity index (χ0) is 10.9. The number of allylic oxidation sites excluding steroid dienone is 2. The third-order valence-electron chi connectivity index (χ3n) is 4.40. The minimum absolute atomic E-state index is 0.315. The van der Waals surface area contributed by atoms with Gasteiger partial charge in [0.2, 0.25) is 0 Å². The van der Waals surface area contributed by atoms with Gasteiger partial charge < -0.3 is 0 Å². The lowest BCUT2D eigenvalue weighted by Gasteiger charge is -2.35. The summed E-state index contributed by atoms with van der Waals surface area (Å²) in [6, 6.07) is 0. The Balaban J connectivity index is 2.28. The van der Waals surface area contributed by atoms with Gasteiger partial charge in [0.15, 0.2) is 0 Å². The standard InChI is InChI=1S/C14H22O/c1-3-11-7-9-14(13(11)4-2)8-5-6-12(15)10-14/h3-10H2,1-2H3/t14-/m0/s1. The molecule has 0 unspecified atom stereocenters. The third kappa shape index (κ3) is 1.77. The van der Waals surface area contributed by atoms with Crippen LogP contribution in [0.1, 0.15) is 65.2 Å². The van der Waals surface area contributed by atoms with Crippen LogP contribution in [0.15, 0.2) is 11.1 Å². The van der Waals surface area contributed by atoms with E-state index in [1.54, 1.807) is 11.1 Å². The molecule has 2 aliphatic carbocycles. The van der Waals surface area contributed by atoms with Crippen LogP contribution in [-0.2, 0) is 4.79 Å². The molecule has 0 amide bonds. The summed E-state index contributed by atoms with van der Waals surface area (Å²) in [5.74, 6) is 0.504. The maximum absolute atomic E-state index is 11.7. The summed E-state index contributed by atoms with van der Waals surface area (Å²) in [6.45, 7) is 4.52. The fourth-order valence-corrected chi connectivity index (χ4v) is 3.73. The van der Waals surface area contributed by atoms with Gasteiger partial charge in [0.05, 0.1) is 0 Å². The van der Waals surface area contributed by atoms with Crippen LogP contribution >= 0.6 is 0 Å². The number of carbonyl (C=O) groups is 1. The van der Waals surface area contributed by atoms with E-state index < -0.39 is 0 Å². The number of ketones is 1. The second-order valence-electron chi connectivity index (χ2n) is 5.14. The van der Waals surface area contributed by atoms with Crippen molar-refractivity contribution in [3.63, 3.8) is 0 Å². The van der Waals surface area contributed by atoms with Crippen LogP contribution in [0.2, 0.25) is 0 Å². The van der Waals surface area contributed by atoms with Crippen molar-refractivity contribution in [3.05, 3.63) is 11.1 Å². The second-order valence-corrected chi connectivity index (χ2v) is 5.14. The molecule has 1 saturated carbocycles. The van der Waals surface area contributed by atoms with E-state index in [0.29, 0.717) is 11.2 Å². The maximum atomic E-state index is 11.7. The van der Waals surface area contributed by atoms with E-state index in [1.807, 2.05) is 0 Å². The quantitative estimate of drug-likeness (QED) is 0.623. The molecule has 1 nitrogen and oxygen atoms in total. The molecule has 0 aliphatic heterocycles. The SMILES string of the molecule is CCC1=C(CC)[C@@]2(CCCC(=O)C2)CC1. The lowest BCUT2D eigenvalue weighted by molar-refractivity contribution is -0.123. The Morgan fingerprint density at radius 2 is 1.93 bits per heavy atom. The Bertz CT molecular complexity index is 300. The molecule has 0 bridgehead atoms. The summed E-state index contributed by atoms with van der Waals surface area (Å²) in [6.07, 6.45) is 8.94. The van der Waals surface area contributed by atoms with Gasteiger partial charge in [0, 0.05) is 12.8 Å². The Labute approximate surface area is 92.9 Å². The summed E-state index contributed by atoms with van der Waals surface area (Å²) in [5, 5.41) is 0. The summed E-state index contributed by atoms with van der Waals surface area (Å²) in [7, 11) is 0. The number of Topliss-reactive ketones (excluding diaryl/α,β-unsaturated/α-hetero) is 1. The summed E-state index contributed by atoms with van der Waals surface area (Å²) in [4.78, 5) is 11.7. The van der Waals surface area contributed by atoms with Crippen molar-refractivity contribution >= 4 is 5.78 Å². The number of carbonyl (C=O) groups excluding carboxylic acids is 1. The van der Waals surface area contributed by atoms with Crippen molar-refractivity contribution in [3.8, 4) is 0 Å². The van der Waals surface area contributed by atoms with Gasteiger partial charge in [-0.25, -0.2) is 0 Å². The monoisotopic (exact) mass is 206 g/mol. The molecule has 0 saturated heterocycles. The first-order valence-corrected chi connectivity index (χ1v) is 6.45. The van der Waals surface area contributed by atoms with Gasteiger partial charge in [0.25, 0.3) is 0 Å². The molecule has 0 aromatic rings. The topological polar surface area (TPSA) is 17.1 Å². The maximum Gasteiger partial charge on any atom is 0.133 e. The zero-order valence-electron chi connectivity index (χ0n) is 10.1.